The third kappa shape index (κ3) is 3.35. The lowest BCUT2D eigenvalue weighted by atomic mass is 10.1. The predicted molar refractivity (Wildman–Crippen MR) is 71.5 cm³/mol. The van der Waals surface area contributed by atoms with Gasteiger partial charge in [-0.1, -0.05) is 23.9 Å². The number of H-pyrrole nitrogens is 1. The van der Waals surface area contributed by atoms with Crippen molar-refractivity contribution in [3.05, 3.63) is 29.8 Å². The largest absolute Gasteiger partial charge is 0.481 e. The highest BCUT2D eigenvalue weighted by molar-refractivity contribution is 7.99. The van der Waals surface area contributed by atoms with Crippen LogP contribution in [-0.2, 0) is 9.53 Å². The number of carbonyl (C=O) groups excluding carboxylic acids is 1. The summed E-state index contributed by atoms with van der Waals surface area (Å²) in [6, 6.07) is 6.65. The molecule has 0 amide bonds. The maximum Gasteiger partial charge on any atom is 0.337 e. The number of aliphatic carboxylic acids is 1. The molecule has 0 bridgehead atoms. The Bertz CT molecular complexity index is 624. The van der Waals surface area contributed by atoms with E-state index < -0.39 is 11.9 Å². The van der Waals surface area contributed by atoms with Crippen molar-refractivity contribution < 1.29 is 19.4 Å². The zero-order valence-corrected chi connectivity index (χ0v) is 11.3. The molecule has 0 unspecified atom stereocenters. The van der Waals surface area contributed by atoms with Gasteiger partial charge in [0.25, 0.3) is 0 Å². The Morgan fingerprint density at radius 2 is 2.05 bits per heavy atom. The minimum Gasteiger partial charge on any atom is -0.481 e. The molecular formula is C12H11N3O4S. The molecule has 104 valence electrons. The number of nitrogens with one attached hydrogen (secondary N) is 1. The van der Waals surface area contributed by atoms with E-state index in [9.17, 15) is 9.59 Å². The Kier molecular flexibility index (Phi) is 4.36. The summed E-state index contributed by atoms with van der Waals surface area (Å²) < 4.78 is 4.61. The molecule has 0 radical (unpaired) electrons. The molecule has 2 N–H and O–H groups in total. The second kappa shape index (κ2) is 6.20. The molecular weight excluding hydrogens is 282 g/mol. The number of aromatic nitrogens is 3. The number of rotatable bonds is 5. The lowest BCUT2D eigenvalue weighted by Crippen LogP contribution is -2.00. The van der Waals surface area contributed by atoms with Crippen molar-refractivity contribution in [2.24, 2.45) is 0 Å². The molecule has 1 aromatic heterocycles. The number of carbonyl (C=O) groups is 2. The van der Waals surface area contributed by atoms with Crippen LogP contribution in [0.4, 0.5) is 0 Å². The second-order valence-electron chi connectivity index (χ2n) is 3.72. The molecule has 20 heavy (non-hydrogen) atoms. The number of carboxylic acid groups (broad SMARTS) is 1. The predicted octanol–water partition coefficient (Wildman–Crippen LogP) is 1.43. The molecule has 2 rings (SSSR count). The van der Waals surface area contributed by atoms with E-state index in [0.717, 1.165) is 17.3 Å². The minimum absolute atomic E-state index is 0.0986. The molecule has 0 saturated carbocycles. The standard InChI is InChI=1S/C12H11N3O4S/c1-19-11(18)8-4-2-7(3-5-8)10-13-12(15-14-10)20-6-9(16)17/h2-5H,6H2,1H3,(H,16,17)(H,13,14,15). The van der Waals surface area contributed by atoms with Gasteiger partial charge in [0.2, 0.25) is 5.16 Å². The van der Waals surface area contributed by atoms with Crippen LogP contribution >= 0.6 is 11.8 Å². The van der Waals surface area contributed by atoms with Crippen LogP contribution in [0.2, 0.25) is 0 Å². The van der Waals surface area contributed by atoms with E-state index in [0.29, 0.717) is 16.5 Å². The quantitative estimate of drug-likeness (QED) is 0.634. The number of ether oxygens (including phenoxy) is 1. The van der Waals surface area contributed by atoms with Gasteiger partial charge in [-0.15, -0.1) is 5.10 Å². The second-order valence-corrected chi connectivity index (χ2v) is 4.66. The number of esters is 1. The number of nitrogens with zero attached hydrogens (tertiary/aromatic N) is 2. The van der Waals surface area contributed by atoms with Crippen LogP contribution in [0.25, 0.3) is 11.4 Å². The Labute approximate surface area is 118 Å². The van der Waals surface area contributed by atoms with Gasteiger partial charge >= 0.3 is 11.9 Å². The van der Waals surface area contributed by atoms with Crippen LogP contribution in [0, 0.1) is 0 Å². The number of hydrogen-bond donors (Lipinski definition) is 2. The highest BCUT2D eigenvalue weighted by Gasteiger charge is 2.09. The molecule has 0 aliphatic rings. The molecule has 7 nitrogen and oxygen atoms in total. The number of methoxy groups -OCH3 is 1. The summed E-state index contributed by atoms with van der Waals surface area (Å²) in [5.41, 5.74) is 1.18. The molecule has 0 fully saturated rings. The first-order chi connectivity index (χ1) is 9.60. The van der Waals surface area contributed by atoms with E-state index in [-0.39, 0.29) is 5.75 Å². The summed E-state index contributed by atoms with van der Waals surface area (Å²) in [4.78, 5) is 25.9. The Hall–Kier alpha value is -2.35. The molecule has 8 heteroatoms. The van der Waals surface area contributed by atoms with Crippen LogP contribution in [0.5, 0.6) is 0 Å². The van der Waals surface area contributed by atoms with Gasteiger partial charge in [-0.25, -0.2) is 9.78 Å². The number of thioether (sulfide) groups is 1. The van der Waals surface area contributed by atoms with Crippen molar-refractivity contribution in [3.8, 4) is 11.4 Å². The third-order valence-corrected chi connectivity index (χ3v) is 3.20. The first-order valence-electron chi connectivity index (χ1n) is 5.56. The number of carboxylic acids is 1. The van der Waals surface area contributed by atoms with E-state index in [1.54, 1.807) is 24.3 Å². The fourth-order valence-electron chi connectivity index (χ4n) is 1.45. The lowest BCUT2D eigenvalue weighted by molar-refractivity contribution is -0.133. The maximum absolute atomic E-state index is 11.3. The molecule has 0 saturated heterocycles. The number of aromatic amines is 1. The molecule has 2 aromatic rings. The van der Waals surface area contributed by atoms with Gasteiger partial charge in [0, 0.05) is 5.56 Å². The average molecular weight is 293 g/mol. The van der Waals surface area contributed by atoms with Crippen molar-refractivity contribution in [1.29, 1.82) is 0 Å². The van der Waals surface area contributed by atoms with E-state index in [4.69, 9.17) is 5.11 Å². The fourth-order valence-corrected chi connectivity index (χ4v) is 1.97. The monoisotopic (exact) mass is 293 g/mol. The summed E-state index contributed by atoms with van der Waals surface area (Å²) in [7, 11) is 1.32. The fraction of sp³-hybridized carbons (Fsp3) is 0.167. The topological polar surface area (TPSA) is 105 Å². The minimum atomic E-state index is -0.927. The van der Waals surface area contributed by atoms with E-state index in [2.05, 4.69) is 19.9 Å². The van der Waals surface area contributed by atoms with E-state index >= 15 is 0 Å². The summed E-state index contributed by atoms with van der Waals surface area (Å²) in [6.45, 7) is 0. The van der Waals surface area contributed by atoms with Gasteiger partial charge in [-0.3, -0.25) is 9.89 Å². The number of hydrogen-bond acceptors (Lipinski definition) is 6. The van der Waals surface area contributed by atoms with Gasteiger partial charge < -0.3 is 9.84 Å². The highest BCUT2D eigenvalue weighted by Crippen LogP contribution is 2.19. The first-order valence-corrected chi connectivity index (χ1v) is 6.54. The van der Waals surface area contributed by atoms with Crippen molar-refractivity contribution in [2.75, 3.05) is 12.9 Å². The van der Waals surface area contributed by atoms with Crippen molar-refractivity contribution >= 4 is 23.7 Å². The van der Waals surface area contributed by atoms with E-state index in [1.807, 2.05) is 0 Å². The van der Waals surface area contributed by atoms with Crippen LogP contribution in [-0.4, -0.2) is 45.1 Å². The number of benzene rings is 1. The Morgan fingerprint density at radius 3 is 2.65 bits per heavy atom. The molecule has 1 heterocycles. The third-order valence-electron chi connectivity index (χ3n) is 2.37. The summed E-state index contributed by atoms with van der Waals surface area (Å²) >= 11 is 1.03. The zero-order valence-electron chi connectivity index (χ0n) is 10.5. The van der Waals surface area contributed by atoms with Crippen LogP contribution in [0.1, 0.15) is 10.4 Å². The molecule has 0 atom stereocenters. The van der Waals surface area contributed by atoms with Crippen molar-refractivity contribution in [3.63, 3.8) is 0 Å². The van der Waals surface area contributed by atoms with Crippen LogP contribution in [0.15, 0.2) is 29.4 Å². The summed E-state index contributed by atoms with van der Waals surface area (Å²) in [5, 5.41) is 15.6. The SMILES string of the molecule is COC(=O)c1ccc(-c2nc(SCC(=O)O)n[nH]2)cc1. The van der Waals surface area contributed by atoms with Gasteiger partial charge in [0.1, 0.15) is 0 Å². The van der Waals surface area contributed by atoms with E-state index in [1.165, 1.54) is 7.11 Å². The molecule has 1 aromatic carbocycles. The average Bonchev–Trinajstić information content (AvgIpc) is 2.93. The molecule has 0 aliphatic heterocycles. The van der Waals surface area contributed by atoms with Gasteiger partial charge in [0.15, 0.2) is 5.82 Å². The van der Waals surface area contributed by atoms with Crippen molar-refractivity contribution in [2.45, 2.75) is 5.16 Å². The van der Waals surface area contributed by atoms with Crippen LogP contribution in [0.3, 0.4) is 0 Å². The Morgan fingerprint density at radius 1 is 1.35 bits per heavy atom. The van der Waals surface area contributed by atoms with Gasteiger partial charge in [-0.2, -0.15) is 0 Å². The van der Waals surface area contributed by atoms with Gasteiger partial charge in [0.05, 0.1) is 18.4 Å². The smallest absolute Gasteiger partial charge is 0.337 e. The van der Waals surface area contributed by atoms with Gasteiger partial charge in [-0.05, 0) is 12.1 Å². The Balaban J connectivity index is 2.11. The van der Waals surface area contributed by atoms with Crippen molar-refractivity contribution in [1.82, 2.24) is 15.2 Å². The summed E-state index contributed by atoms with van der Waals surface area (Å²) in [5.74, 6) is -0.927. The maximum atomic E-state index is 11.3. The first kappa shape index (κ1) is 14.1. The lowest BCUT2D eigenvalue weighted by Gasteiger charge is -2.00. The normalized spacial score (nSPS) is 10.2. The highest BCUT2D eigenvalue weighted by atomic mass is 32.2. The summed E-state index contributed by atoms with van der Waals surface area (Å²) in [6.07, 6.45) is 0. The molecule has 0 spiro atoms. The zero-order chi connectivity index (χ0) is 14.5. The van der Waals surface area contributed by atoms with Crippen LogP contribution < -0.4 is 0 Å². The molecule has 0 aliphatic carbocycles.